The summed E-state index contributed by atoms with van der Waals surface area (Å²) in [5.74, 6) is -0.221. The summed E-state index contributed by atoms with van der Waals surface area (Å²) >= 11 is 0. The molecule has 1 unspecified atom stereocenters. The molecule has 1 aliphatic heterocycles. The topological polar surface area (TPSA) is 38.3 Å². The number of hydrogen-bond acceptors (Lipinski definition) is 3. The maximum Gasteiger partial charge on any atom is 0.167 e. The van der Waals surface area contributed by atoms with Gasteiger partial charge in [0.1, 0.15) is 11.9 Å². The lowest BCUT2D eigenvalue weighted by Gasteiger charge is -2.22. The zero-order valence-corrected chi connectivity index (χ0v) is 9.83. The Balaban J connectivity index is 2.02. The zero-order chi connectivity index (χ0) is 12.3. The van der Waals surface area contributed by atoms with E-state index in [0.717, 1.165) is 17.7 Å². The van der Waals surface area contributed by atoms with Crippen LogP contribution in [0.15, 0.2) is 18.2 Å². The third kappa shape index (κ3) is 3.11. The summed E-state index contributed by atoms with van der Waals surface area (Å²) in [6.07, 6.45) is -0.0634. The molecule has 0 spiro atoms. The summed E-state index contributed by atoms with van der Waals surface area (Å²) in [7, 11) is 0. The predicted octanol–water partition coefficient (Wildman–Crippen LogP) is 1.23. The highest BCUT2D eigenvalue weighted by Gasteiger charge is 2.22. The highest BCUT2D eigenvalue weighted by atomic mass is 19.1. The SMILES string of the molecule is Cc1cc(F)ccc1CC(=O)C1CNCCO1. The number of halogens is 1. The molecule has 0 amide bonds. The number of rotatable bonds is 3. The number of benzene rings is 1. The number of carbonyl (C=O) groups excluding carboxylic acids is 1. The average molecular weight is 237 g/mol. The van der Waals surface area contributed by atoms with Crippen LogP contribution in [0.25, 0.3) is 0 Å². The molecule has 2 rings (SSSR count). The predicted molar refractivity (Wildman–Crippen MR) is 62.5 cm³/mol. The molecule has 92 valence electrons. The van der Waals surface area contributed by atoms with Crippen LogP contribution in [0.2, 0.25) is 0 Å². The van der Waals surface area contributed by atoms with Crippen LogP contribution < -0.4 is 5.32 Å². The van der Waals surface area contributed by atoms with Crippen molar-refractivity contribution in [1.29, 1.82) is 0 Å². The second-order valence-electron chi connectivity index (χ2n) is 4.28. The molecule has 1 aromatic carbocycles. The molecule has 0 aromatic heterocycles. The Morgan fingerprint density at radius 3 is 3.06 bits per heavy atom. The first kappa shape index (κ1) is 12.2. The van der Waals surface area contributed by atoms with Gasteiger partial charge in [0.05, 0.1) is 6.61 Å². The molecule has 0 radical (unpaired) electrons. The highest BCUT2D eigenvalue weighted by Crippen LogP contribution is 2.12. The van der Waals surface area contributed by atoms with Crippen molar-refractivity contribution >= 4 is 5.78 Å². The number of ether oxygens (including phenoxy) is 1. The number of aryl methyl sites for hydroxylation is 1. The second kappa shape index (κ2) is 5.38. The number of ketones is 1. The maximum atomic E-state index is 12.9. The van der Waals surface area contributed by atoms with Crippen molar-refractivity contribution in [2.75, 3.05) is 19.7 Å². The number of nitrogens with one attached hydrogen (secondary N) is 1. The van der Waals surface area contributed by atoms with Crippen LogP contribution in [0.4, 0.5) is 4.39 Å². The summed E-state index contributed by atoms with van der Waals surface area (Å²) in [5.41, 5.74) is 1.67. The van der Waals surface area contributed by atoms with E-state index in [1.54, 1.807) is 6.07 Å². The molecule has 1 heterocycles. The Bertz CT molecular complexity index is 414. The first-order valence-corrected chi connectivity index (χ1v) is 5.77. The minimum absolute atomic E-state index is 0.0481. The van der Waals surface area contributed by atoms with Crippen LogP contribution in [-0.2, 0) is 16.0 Å². The van der Waals surface area contributed by atoms with E-state index < -0.39 is 0 Å². The van der Waals surface area contributed by atoms with Gasteiger partial charge in [0.25, 0.3) is 0 Å². The van der Waals surface area contributed by atoms with Crippen molar-refractivity contribution in [2.45, 2.75) is 19.4 Å². The van der Waals surface area contributed by atoms with E-state index in [0.29, 0.717) is 19.6 Å². The van der Waals surface area contributed by atoms with Crippen LogP contribution in [0, 0.1) is 12.7 Å². The van der Waals surface area contributed by atoms with Gasteiger partial charge in [-0.25, -0.2) is 4.39 Å². The number of morpholine rings is 1. The molecular formula is C13H16FNO2. The van der Waals surface area contributed by atoms with Crippen LogP contribution in [0.5, 0.6) is 0 Å². The van der Waals surface area contributed by atoms with Gasteiger partial charge >= 0.3 is 0 Å². The molecule has 0 aliphatic carbocycles. The number of carbonyl (C=O) groups is 1. The van der Waals surface area contributed by atoms with Gasteiger partial charge < -0.3 is 10.1 Å². The summed E-state index contributed by atoms with van der Waals surface area (Å²) in [6, 6.07) is 4.50. The van der Waals surface area contributed by atoms with Crippen molar-refractivity contribution in [3.8, 4) is 0 Å². The molecule has 1 atom stereocenters. The molecule has 4 heteroatoms. The van der Waals surface area contributed by atoms with E-state index in [-0.39, 0.29) is 17.7 Å². The van der Waals surface area contributed by atoms with Gasteiger partial charge in [-0.15, -0.1) is 0 Å². The minimum Gasteiger partial charge on any atom is -0.368 e. The quantitative estimate of drug-likeness (QED) is 0.859. The summed E-state index contributed by atoms with van der Waals surface area (Å²) < 4.78 is 18.3. The van der Waals surface area contributed by atoms with E-state index in [2.05, 4.69) is 5.32 Å². The lowest BCUT2D eigenvalue weighted by atomic mass is 10.0. The van der Waals surface area contributed by atoms with Gasteiger partial charge in [-0.2, -0.15) is 0 Å². The fourth-order valence-electron chi connectivity index (χ4n) is 1.93. The van der Waals surface area contributed by atoms with Crippen molar-refractivity contribution in [1.82, 2.24) is 5.32 Å². The van der Waals surface area contributed by atoms with E-state index in [9.17, 15) is 9.18 Å². The van der Waals surface area contributed by atoms with Crippen LogP contribution >= 0.6 is 0 Å². The van der Waals surface area contributed by atoms with Crippen LogP contribution in [0.3, 0.4) is 0 Å². The lowest BCUT2D eigenvalue weighted by Crippen LogP contribution is -2.43. The Kier molecular flexibility index (Phi) is 3.86. The average Bonchev–Trinajstić information content (AvgIpc) is 2.34. The Hall–Kier alpha value is -1.26. The standard InChI is InChI=1S/C13H16FNO2/c1-9-6-11(14)3-2-10(9)7-12(16)13-8-15-4-5-17-13/h2-3,6,13,15H,4-5,7-8H2,1H3. The van der Waals surface area contributed by atoms with Crippen molar-refractivity contribution in [3.63, 3.8) is 0 Å². The molecule has 1 fully saturated rings. The fourth-order valence-corrected chi connectivity index (χ4v) is 1.93. The largest absolute Gasteiger partial charge is 0.368 e. The molecule has 0 bridgehead atoms. The first-order valence-electron chi connectivity index (χ1n) is 5.77. The summed E-state index contributed by atoms with van der Waals surface area (Å²) in [4.78, 5) is 11.9. The molecule has 1 aromatic rings. The normalized spacial score (nSPS) is 20.2. The Morgan fingerprint density at radius 1 is 1.59 bits per heavy atom. The fraction of sp³-hybridized carbons (Fsp3) is 0.462. The van der Waals surface area contributed by atoms with Crippen molar-refractivity contribution < 1.29 is 13.9 Å². The van der Waals surface area contributed by atoms with E-state index in [1.165, 1.54) is 12.1 Å². The van der Waals surface area contributed by atoms with Crippen molar-refractivity contribution in [3.05, 3.63) is 35.1 Å². The molecule has 3 nitrogen and oxygen atoms in total. The lowest BCUT2D eigenvalue weighted by molar-refractivity contribution is -0.131. The van der Waals surface area contributed by atoms with Gasteiger partial charge in [-0.1, -0.05) is 6.07 Å². The Labute approximate surface area is 100.0 Å². The molecule has 17 heavy (non-hydrogen) atoms. The zero-order valence-electron chi connectivity index (χ0n) is 9.83. The second-order valence-corrected chi connectivity index (χ2v) is 4.28. The Morgan fingerprint density at radius 2 is 2.41 bits per heavy atom. The van der Waals surface area contributed by atoms with Gasteiger partial charge in [0, 0.05) is 19.5 Å². The molecule has 1 saturated heterocycles. The van der Waals surface area contributed by atoms with Gasteiger partial charge in [-0.05, 0) is 30.2 Å². The number of Topliss-reactive ketones (excluding diaryl/α,β-unsaturated/α-hetero) is 1. The molecular weight excluding hydrogens is 221 g/mol. The van der Waals surface area contributed by atoms with Gasteiger partial charge in [0.2, 0.25) is 0 Å². The van der Waals surface area contributed by atoms with Gasteiger partial charge in [-0.3, -0.25) is 4.79 Å². The van der Waals surface area contributed by atoms with Crippen LogP contribution in [0.1, 0.15) is 11.1 Å². The van der Waals surface area contributed by atoms with E-state index in [1.807, 2.05) is 6.92 Å². The van der Waals surface area contributed by atoms with E-state index in [4.69, 9.17) is 4.74 Å². The van der Waals surface area contributed by atoms with E-state index >= 15 is 0 Å². The molecule has 0 saturated carbocycles. The first-order chi connectivity index (χ1) is 8.16. The molecule has 1 N–H and O–H groups in total. The highest BCUT2D eigenvalue weighted by molar-refractivity contribution is 5.85. The third-order valence-electron chi connectivity index (χ3n) is 2.96. The summed E-state index contributed by atoms with van der Waals surface area (Å²) in [5, 5.41) is 3.12. The molecule has 1 aliphatic rings. The monoisotopic (exact) mass is 237 g/mol. The third-order valence-corrected chi connectivity index (χ3v) is 2.96. The van der Waals surface area contributed by atoms with Crippen molar-refractivity contribution in [2.24, 2.45) is 0 Å². The van der Waals surface area contributed by atoms with Gasteiger partial charge in [0.15, 0.2) is 5.78 Å². The minimum atomic E-state index is -0.367. The smallest absolute Gasteiger partial charge is 0.167 e. The maximum absolute atomic E-state index is 12.9. The number of hydrogen-bond donors (Lipinski definition) is 1. The summed E-state index contributed by atoms with van der Waals surface area (Å²) in [6.45, 7) is 3.74. The van der Waals surface area contributed by atoms with Crippen LogP contribution in [-0.4, -0.2) is 31.6 Å².